The van der Waals surface area contributed by atoms with E-state index in [2.05, 4.69) is 24.3 Å². The average Bonchev–Trinajstić information content (AvgIpc) is 2.88. The number of carbonyl (C=O) groups is 1. The molecule has 2 heteroatoms. The van der Waals surface area contributed by atoms with Gasteiger partial charge < -0.3 is 9.53 Å². The van der Waals surface area contributed by atoms with Gasteiger partial charge in [0, 0.05) is 5.92 Å². The molecule has 0 saturated heterocycles. The third kappa shape index (κ3) is 2.68. The lowest BCUT2D eigenvalue weighted by molar-refractivity contribution is -0.110. The van der Waals surface area contributed by atoms with Crippen molar-refractivity contribution in [2.24, 2.45) is 5.92 Å². The van der Waals surface area contributed by atoms with E-state index in [1.54, 1.807) is 0 Å². The van der Waals surface area contributed by atoms with E-state index in [0.29, 0.717) is 6.61 Å². The van der Waals surface area contributed by atoms with Crippen molar-refractivity contribution in [2.45, 2.75) is 19.4 Å². The Morgan fingerprint density at radius 2 is 1.84 bits per heavy atom. The van der Waals surface area contributed by atoms with E-state index in [1.165, 1.54) is 11.1 Å². The molecule has 19 heavy (non-hydrogen) atoms. The molecule has 0 aliphatic heterocycles. The molecule has 0 aromatic heterocycles. The molecule has 1 atom stereocenters. The Morgan fingerprint density at radius 3 is 2.63 bits per heavy atom. The molecule has 0 saturated carbocycles. The van der Waals surface area contributed by atoms with Crippen LogP contribution in [0.3, 0.4) is 0 Å². The molecule has 3 rings (SSSR count). The van der Waals surface area contributed by atoms with Crippen molar-refractivity contribution in [1.29, 1.82) is 0 Å². The van der Waals surface area contributed by atoms with E-state index in [4.69, 9.17) is 4.74 Å². The molecular formula is C17H16O2. The van der Waals surface area contributed by atoms with E-state index in [1.807, 2.05) is 24.3 Å². The number of fused-ring (bicyclic) bond motifs is 1. The maximum atomic E-state index is 10.8. The Labute approximate surface area is 113 Å². The summed E-state index contributed by atoms with van der Waals surface area (Å²) in [6.45, 7) is 0.580. The molecule has 1 aliphatic rings. The molecule has 2 aromatic carbocycles. The summed E-state index contributed by atoms with van der Waals surface area (Å²) >= 11 is 0. The first-order valence-corrected chi connectivity index (χ1v) is 6.59. The molecule has 0 heterocycles. The zero-order valence-corrected chi connectivity index (χ0v) is 10.7. The van der Waals surface area contributed by atoms with Crippen LogP contribution >= 0.6 is 0 Å². The third-order valence-corrected chi connectivity index (χ3v) is 3.58. The quantitative estimate of drug-likeness (QED) is 0.781. The van der Waals surface area contributed by atoms with Gasteiger partial charge in [-0.05, 0) is 41.7 Å². The summed E-state index contributed by atoms with van der Waals surface area (Å²) in [5.74, 6) is 1.04. The van der Waals surface area contributed by atoms with Crippen LogP contribution in [0.4, 0.5) is 0 Å². The number of benzene rings is 2. The van der Waals surface area contributed by atoms with Crippen molar-refractivity contribution in [3.8, 4) is 5.75 Å². The molecule has 0 N–H and O–H groups in total. The maximum absolute atomic E-state index is 10.8. The summed E-state index contributed by atoms with van der Waals surface area (Å²) in [5.41, 5.74) is 3.69. The van der Waals surface area contributed by atoms with Crippen molar-refractivity contribution in [1.82, 2.24) is 0 Å². The molecule has 2 nitrogen and oxygen atoms in total. The molecular weight excluding hydrogens is 236 g/mol. The highest BCUT2D eigenvalue weighted by molar-refractivity contribution is 5.58. The fraction of sp³-hybridized carbons (Fsp3) is 0.235. The number of hydrogen-bond donors (Lipinski definition) is 0. The first-order chi connectivity index (χ1) is 9.35. The zero-order chi connectivity index (χ0) is 13.1. The molecule has 0 spiro atoms. The third-order valence-electron chi connectivity index (χ3n) is 3.58. The van der Waals surface area contributed by atoms with Gasteiger partial charge in [-0.1, -0.05) is 36.4 Å². The summed E-state index contributed by atoms with van der Waals surface area (Å²) in [6.07, 6.45) is 2.78. The van der Waals surface area contributed by atoms with Crippen molar-refractivity contribution in [2.75, 3.05) is 0 Å². The molecule has 1 unspecified atom stereocenters. The molecule has 1 aliphatic carbocycles. The summed E-state index contributed by atoms with van der Waals surface area (Å²) < 4.78 is 5.80. The highest BCUT2D eigenvalue weighted by Crippen LogP contribution is 2.29. The van der Waals surface area contributed by atoms with Gasteiger partial charge in [-0.3, -0.25) is 0 Å². The second-order valence-electron chi connectivity index (χ2n) is 5.01. The van der Waals surface area contributed by atoms with Crippen molar-refractivity contribution in [3.63, 3.8) is 0 Å². The van der Waals surface area contributed by atoms with Crippen LogP contribution < -0.4 is 4.74 Å². The summed E-state index contributed by atoms with van der Waals surface area (Å²) in [5, 5.41) is 0. The van der Waals surface area contributed by atoms with Crippen LogP contribution in [0, 0.1) is 5.92 Å². The minimum absolute atomic E-state index is 0.152. The van der Waals surface area contributed by atoms with Gasteiger partial charge in [0.15, 0.2) is 0 Å². The average molecular weight is 252 g/mol. The molecule has 0 bridgehead atoms. The van der Waals surface area contributed by atoms with Crippen LogP contribution in [0.1, 0.15) is 16.7 Å². The number of hydrogen-bond acceptors (Lipinski definition) is 2. The van der Waals surface area contributed by atoms with Crippen LogP contribution in [0.2, 0.25) is 0 Å². The number of carbonyl (C=O) groups excluding carboxylic acids is 1. The minimum atomic E-state index is 0.152. The zero-order valence-electron chi connectivity index (χ0n) is 10.7. The van der Waals surface area contributed by atoms with Crippen molar-refractivity contribution in [3.05, 3.63) is 65.2 Å². The van der Waals surface area contributed by atoms with Crippen LogP contribution in [0.15, 0.2) is 48.5 Å². The number of aldehydes is 1. The van der Waals surface area contributed by atoms with Crippen molar-refractivity contribution < 1.29 is 9.53 Å². The van der Waals surface area contributed by atoms with E-state index in [-0.39, 0.29) is 5.92 Å². The normalized spacial score (nSPS) is 16.9. The Hall–Kier alpha value is -2.09. The predicted octanol–water partition coefficient (Wildman–Crippen LogP) is 3.18. The second-order valence-corrected chi connectivity index (χ2v) is 5.01. The molecule has 0 amide bonds. The van der Waals surface area contributed by atoms with Crippen LogP contribution in [0.5, 0.6) is 5.75 Å². The Morgan fingerprint density at radius 1 is 1.05 bits per heavy atom. The molecule has 2 aromatic rings. The lowest BCUT2D eigenvalue weighted by Gasteiger charge is -2.08. The number of rotatable bonds is 4. The minimum Gasteiger partial charge on any atom is -0.489 e. The van der Waals surface area contributed by atoms with E-state index < -0.39 is 0 Å². The van der Waals surface area contributed by atoms with Crippen LogP contribution in [-0.2, 0) is 24.2 Å². The standard InChI is InChI=1S/C17H16O2/c18-11-14-8-15-6-7-17(10-16(15)9-14)19-12-13-4-2-1-3-5-13/h1-7,10-11,14H,8-9,12H2. The highest BCUT2D eigenvalue weighted by atomic mass is 16.5. The molecule has 96 valence electrons. The summed E-state index contributed by atoms with van der Waals surface area (Å²) in [7, 11) is 0. The SMILES string of the molecule is O=CC1Cc2ccc(OCc3ccccc3)cc2C1. The van der Waals surface area contributed by atoms with Gasteiger partial charge in [0.1, 0.15) is 18.6 Å². The van der Waals surface area contributed by atoms with Gasteiger partial charge in [-0.2, -0.15) is 0 Å². The summed E-state index contributed by atoms with van der Waals surface area (Å²) in [4.78, 5) is 10.8. The Balaban J connectivity index is 1.69. The fourth-order valence-electron chi connectivity index (χ4n) is 2.56. The first-order valence-electron chi connectivity index (χ1n) is 6.59. The van der Waals surface area contributed by atoms with Gasteiger partial charge in [-0.25, -0.2) is 0 Å². The van der Waals surface area contributed by atoms with E-state index >= 15 is 0 Å². The van der Waals surface area contributed by atoms with E-state index in [9.17, 15) is 4.79 Å². The smallest absolute Gasteiger partial charge is 0.123 e. The maximum Gasteiger partial charge on any atom is 0.123 e. The second kappa shape index (κ2) is 5.27. The van der Waals surface area contributed by atoms with Gasteiger partial charge in [0.2, 0.25) is 0 Å². The first kappa shape index (κ1) is 12.0. The van der Waals surface area contributed by atoms with Gasteiger partial charge in [-0.15, -0.1) is 0 Å². The van der Waals surface area contributed by atoms with E-state index in [0.717, 1.165) is 30.4 Å². The Bertz CT molecular complexity index is 575. The lowest BCUT2D eigenvalue weighted by Crippen LogP contribution is -1.99. The van der Waals surface area contributed by atoms with Gasteiger partial charge >= 0.3 is 0 Å². The highest BCUT2D eigenvalue weighted by Gasteiger charge is 2.21. The largest absolute Gasteiger partial charge is 0.489 e. The van der Waals surface area contributed by atoms with Crippen LogP contribution in [0.25, 0.3) is 0 Å². The van der Waals surface area contributed by atoms with Crippen LogP contribution in [-0.4, -0.2) is 6.29 Å². The summed E-state index contributed by atoms with van der Waals surface area (Å²) in [6, 6.07) is 16.3. The monoisotopic (exact) mass is 252 g/mol. The van der Waals surface area contributed by atoms with Gasteiger partial charge in [0.25, 0.3) is 0 Å². The predicted molar refractivity (Wildman–Crippen MR) is 74.2 cm³/mol. The fourth-order valence-corrected chi connectivity index (χ4v) is 2.56. The molecule has 0 radical (unpaired) electrons. The molecule has 0 fully saturated rings. The van der Waals surface area contributed by atoms with Gasteiger partial charge in [0.05, 0.1) is 0 Å². The lowest BCUT2D eigenvalue weighted by atomic mass is 10.1. The van der Waals surface area contributed by atoms with Crippen molar-refractivity contribution >= 4 is 6.29 Å². The Kier molecular flexibility index (Phi) is 3.32. The number of ether oxygens (including phenoxy) is 1. The topological polar surface area (TPSA) is 26.3 Å².